The third-order valence-electron chi connectivity index (χ3n) is 7.46. The standard InChI is InChI=1S/C35H29ClN2O4S/c1-4-41-34(40)31-22(3)37-35-38(32(31)24-15-13-21(2)14-16-24)33(39)30(43-35)19-27-26-11-7-5-9-23(26)17-18-29(27)42-20-25-10-6-8-12-28(25)36/h5-19,32H,4,20H2,1-3H3/b30-19-/t32-/m0/s1. The average molecular weight is 609 g/mol. The van der Waals surface area contributed by atoms with E-state index in [1.807, 2.05) is 97.9 Å². The second-order valence-corrected chi connectivity index (χ2v) is 11.7. The van der Waals surface area contributed by atoms with Crippen LogP contribution in [-0.2, 0) is 16.1 Å². The lowest BCUT2D eigenvalue weighted by Gasteiger charge is -2.24. The van der Waals surface area contributed by atoms with Crippen LogP contribution in [0.4, 0.5) is 0 Å². The third kappa shape index (κ3) is 5.54. The minimum Gasteiger partial charge on any atom is -0.488 e. The monoisotopic (exact) mass is 608 g/mol. The number of esters is 1. The molecule has 0 radical (unpaired) electrons. The van der Waals surface area contributed by atoms with Crippen LogP contribution in [0.2, 0.25) is 5.02 Å². The van der Waals surface area contributed by atoms with Gasteiger partial charge in [-0.3, -0.25) is 9.36 Å². The minimum absolute atomic E-state index is 0.221. The number of halogens is 1. The van der Waals surface area contributed by atoms with E-state index in [1.165, 1.54) is 11.3 Å². The number of carbonyl (C=O) groups is 1. The van der Waals surface area contributed by atoms with Crippen molar-refractivity contribution in [2.75, 3.05) is 6.61 Å². The summed E-state index contributed by atoms with van der Waals surface area (Å²) in [7, 11) is 0. The van der Waals surface area contributed by atoms with E-state index >= 15 is 0 Å². The summed E-state index contributed by atoms with van der Waals surface area (Å²) in [5.74, 6) is 0.149. The normalized spacial score (nSPS) is 14.9. The number of aryl methyl sites for hydroxylation is 1. The first-order valence-electron chi connectivity index (χ1n) is 14.0. The van der Waals surface area contributed by atoms with E-state index in [0.29, 0.717) is 31.4 Å². The molecule has 0 fully saturated rings. The molecule has 1 atom stereocenters. The van der Waals surface area contributed by atoms with E-state index < -0.39 is 12.0 Å². The Morgan fingerprint density at radius 1 is 1.00 bits per heavy atom. The van der Waals surface area contributed by atoms with Crippen LogP contribution < -0.4 is 19.6 Å². The molecule has 216 valence electrons. The summed E-state index contributed by atoms with van der Waals surface area (Å²) in [5, 5.41) is 2.59. The van der Waals surface area contributed by atoms with Crippen molar-refractivity contribution in [1.29, 1.82) is 0 Å². The van der Waals surface area contributed by atoms with Crippen LogP contribution in [0, 0.1) is 6.92 Å². The second-order valence-electron chi connectivity index (χ2n) is 10.3. The molecule has 0 spiro atoms. The summed E-state index contributed by atoms with van der Waals surface area (Å²) < 4.78 is 13.8. The first-order chi connectivity index (χ1) is 20.9. The maximum atomic E-state index is 14.2. The first-order valence-corrected chi connectivity index (χ1v) is 15.2. The average Bonchev–Trinajstić information content (AvgIpc) is 3.31. The van der Waals surface area contributed by atoms with Gasteiger partial charge in [0.05, 0.1) is 28.5 Å². The van der Waals surface area contributed by atoms with E-state index in [2.05, 4.69) is 0 Å². The summed E-state index contributed by atoms with van der Waals surface area (Å²) in [6.07, 6.45) is 1.86. The van der Waals surface area contributed by atoms with Gasteiger partial charge >= 0.3 is 5.97 Å². The maximum absolute atomic E-state index is 14.2. The lowest BCUT2D eigenvalue weighted by molar-refractivity contribution is -0.139. The number of rotatable bonds is 7. The van der Waals surface area contributed by atoms with Gasteiger partial charge < -0.3 is 9.47 Å². The highest BCUT2D eigenvalue weighted by molar-refractivity contribution is 7.07. The number of nitrogens with zero attached hydrogens (tertiary/aromatic N) is 2. The van der Waals surface area contributed by atoms with Crippen molar-refractivity contribution >= 4 is 45.8 Å². The quantitative estimate of drug-likeness (QED) is 0.198. The molecular formula is C35H29ClN2O4S. The van der Waals surface area contributed by atoms with Crippen molar-refractivity contribution < 1.29 is 14.3 Å². The first kappa shape index (κ1) is 28.6. The number of hydrogen-bond acceptors (Lipinski definition) is 6. The van der Waals surface area contributed by atoms with Crippen LogP contribution in [0.25, 0.3) is 16.8 Å². The van der Waals surface area contributed by atoms with Gasteiger partial charge in [0.25, 0.3) is 5.56 Å². The Kier molecular flexibility index (Phi) is 8.02. The largest absolute Gasteiger partial charge is 0.488 e. The van der Waals surface area contributed by atoms with Gasteiger partial charge in [0.15, 0.2) is 4.80 Å². The Balaban J connectivity index is 1.53. The molecule has 1 aliphatic heterocycles. The number of ether oxygens (including phenoxy) is 2. The molecule has 0 N–H and O–H groups in total. The van der Waals surface area contributed by atoms with E-state index in [9.17, 15) is 9.59 Å². The maximum Gasteiger partial charge on any atom is 0.338 e. The van der Waals surface area contributed by atoms with Crippen LogP contribution >= 0.6 is 22.9 Å². The summed E-state index contributed by atoms with van der Waals surface area (Å²) >= 11 is 7.68. The van der Waals surface area contributed by atoms with Crippen LogP contribution in [0.15, 0.2) is 106 Å². The number of allylic oxidation sites excluding steroid dienone is 1. The lowest BCUT2D eigenvalue weighted by Crippen LogP contribution is -2.39. The molecule has 5 aromatic rings. The summed E-state index contributed by atoms with van der Waals surface area (Å²) in [6, 6.07) is 26.6. The van der Waals surface area contributed by atoms with Gasteiger partial charge in [-0.05, 0) is 55.3 Å². The fourth-order valence-electron chi connectivity index (χ4n) is 5.31. The molecule has 0 bridgehead atoms. The van der Waals surface area contributed by atoms with E-state index in [1.54, 1.807) is 18.4 Å². The Labute approximate surface area is 257 Å². The number of thiazole rings is 1. The molecule has 0 saturated carbocycles. The molecule has 1 aliphatic rings. The van der Waals surface area contributed by atoms with E-state index in [4.69, 9.17) is 26.1 Å². The summed E-state index contributed by atoms with van der Waals surface area (Å²) in [6.45, 7) is 6.04. The smallest absolute Gasteiger partial charge is 0.338 e. The zero-order valence-electron chi connectivity index (χ0n) is 24.0. The fraction of sp³-hybridized carbons (Fsp3) is 0.171. The van der Waals surface area contributed by atoms with Gasteiger partial charge in [-0.15, -0.1) is 0 Å². The zero-order valence-corrected chi connectivity index (χ0v) is 25.5. The number of aromatic nitrogens is 1. The Hall–Kier alpha value is -4.46. The molecule has 43 heavy (non-hydrogen) atoms. The van der Waals surface area contributed by atoms with E-state index in [0.717, 1.165) is 33.0 Å². The molecule has 0 saturated heterocycles. The minimum atomic E-state index is -0.665. The topological polar surface area (TPSA) is 69.9 Å². The summed E-state index contributed by atoms with van der Waals surface area (Å²) in [4.78, 5) is 32.6. The van der Waals surface area contributed by atoms with Gasteiger partial charge in [-0.25, -0.2) is 9.79 Å². The molecule has 0 aliphatic carbocycles. The van der Waals surface area contributed by atoms with Crippen LogP contribution in [-0.4, -0.2) is 17.1 Å². The SMILES string of the molecule is CCOC(=O)C1=C(C)N=c2s/c(=C\c3c(OCc4ccccc4Cl)ccc4ccccc34)c(=O)n2[C@H]1c1ccc(C)cc1. The van der Waals surface area contributed by atoms with Crippen LogP contribution in [0.1, 0.15) is 42.1 Å². The number of benzene rings is 4. The number of fused-ring (bicyclic) bond motifs is 2. The number of carbonyl (C=O) groups excluding carboxylic acids is 1. The predicted octanol–water partition coefficient (Wildman–Crippen LogP) is 6.49. The van der Waals surface area contributed by atoms with Gasteiger partial charge in [0, 0.05) is 16.1 Å². The van der Waals surface area contributed by atoms with E-state index in [-0.39, 0.29) is 18.8 Å². The van der Waals surface area contributed by atoms with Crippen LogP contribution in [0.5, 0.6) is 5.75 Å². The van der Waals surface area contributed by atoms with Crippen molar-refractivity contribution in [2.24, 2.45) is 4.99 Å². The Bertz CT molecular complexity index is 2080. The summed E-state index contributed by atoms with van der Waals surface area (Å²) in [5.41, 5.74) is 4.18. The third-order valence-corrected chi connectivity index (χ3v) is 8.81. The number of hydrogen-bond donors (Lipinski definition) is 0. The Morgan fingerprint density at radius 2 is 1.74 bits per heavy atom. The molecule has 0 amide bonds. The van der Waals surface area contributed by atoms with Crippen molar-refractivity contribution in [3.8, 4) is 5.75 Å². The second kappa shape index (κ2) is 12.0. The molecular weight excluding hydrogens is 580 g/mol. The molecule has 1 aromatic heterocycles. The van der Waals surface area contributed by atoms with Gasteiger partial charge in [-0.1, -0.05) is 101 Å². The zero-order chi connectivity index (χ0) is 30.1. The predicted molar refractivity (Wildman–Crippen MR) is 171 cm³/mol. The van der Waals surface area contributed by atoms with Crippen molar-refractivity contribution in [3.05, 3.63) is 143 Å². The molecule has 6 rings (SSSR count). The fourth-order valence-corrected chi connectivity index (χ4v) is 6.53. The highest BCUT2D eigenvalue weighted by Gasteiger charge is 2.33. The molecule has 2 heterocycles. The van der Waals surface area contributed by atoms with Gasteiger partial charge in [0.2, 0.25) is 0 Å². The van der Waals surface area contributed by atoms with Crippen molar-refractivity contribution in [2.45, 2.75) is 33.4 Å². The van der Waals surface area contributed by atoms with Gasteiger partial charge in [0.1, 0.15) is 12.4 Å². The lowest BCUT2D eigenvalue weighted by atomic mass is 9.95. The highest BCUT2D eigenvalue weighted by Crippen LogP contribution is 2.32. The molecule has 4 aromatic carbocycles. The van der Waals surface area contributed by atoms with Crippen LogP contribution in [0.3, 0.4) is 0 Å². The Morgan fingerprint density at radius 3 is 2.51 bits per heavy atom. The highest BCUT2D eigenvalue weighted by atomic mass is 35.5. The van der Waals surface area contributed by atoms with Crippen molar-refractivity contribution in [1.82, 2.24) is 4.57 Å². The van der Waals surface area contributed by atoms with Gasteiger partial charge in [-0.2, -0.15) is 0 Å². The molecule has 8 heteroatoms. The molecule has 6 nitrogen and oxygen atoms in total. The molecule has 0 unspecified atom stereocenters. The van der Waals surface area contributed by atoms with Crippen molar-refractivity contribution in [3.63, 3.8) is 0 Å².